The lowest BCUT2D eigenvalue weighted by molar-refractivity contribution is 0.0525. The van der Waals surface area contributed by atoms with Gasteiger partial charge in [0.15, 0.2) is 0 Å². The van der Waals surface area contributed by atoms with E-state index in [9.17, 15) is 4.79 Å². The van der Waals surface area contributed by atoms with Crippen molar-refractivity contribution >= 4 is 6.09 Å². The van der Waals surface area contributed by atoms with Gasteiger partial charge in [-0.15, -0.1) is 0 Å². The lowest BCUT2D eigenvalue weighted by atomic mass is 10.2. The van der Waals surface area contributed by atoms with Crippen molar-refractivity contribution in [3.8, 4) is 0 Å². The number of nitrogens with zero attached hydrogens (tertiary/aromatic N) is 3. The summed E-state index contributed by atoms with van der Waals surface area (Å²) in [7, 11) is 0. The molecule has 6 heteroatoms. The molecule has 6 nitrogen and oxygen atoms in total. The third-order valence-electron chi connectivity index (χ3n) is 1.45. The van der Waals surface area contributed by atoms with Crippen LogP contribution in [-0.4, -0.2) is 33.2 Å². The highest BCUT2D eigenvalue weighted by Gasteiger charge is 2.15. The van der Waals surface area contributed by atoms with Crippen LogP contribution in [0.1, 0.15) is 20.8 Å². The van der Waals surface area contributed by atoms with E-state index in [1.165, 1.54) is 4.80 Å². The Morgan fingerprint density at radius 2 is 2.00 bits per heavy atom. The molecule has 0 saturated heterocycles. The van der Waals surface area contributed by atoms with Crippen LogP contribution in [0.25, 0.3) is 0 Å². The number of alkyl carbamates (subject to hydrolysis) is 1. The smallest absolute Gasteiger partial charge is 0.407 e. The highest BCUT2D eigenvalue weighted by molar-refractivity contribution is 5.67. The summed E-state index contributed by atoms with van der Waals surface area (Å²) < 4.78 is 5.06. The molecular formula is C9H16N4O2. The summed E-state index contributed by atoms with van der Waals surface area (Å²) in [5, 5.41) is 10.4. The van der Waals surface area contributed by atoms with Gasteiger partial charge in [-0.1, -0.05) is 0 Å². The van der Waals surface area contributed by atoms with Gasteiger partial charge in [0, 0.05) is 6.54 Å². The topological polar surface area (TPSA) is 69.0 Å². The number of amides is 1. The Kier molecular flexibility index (Phi) is 3.65. The highest BCUT2D eigenvalue weighted by atomic mass is 16.6. The summed E-state index contributed by atoms with van der Waals surface area (Å²) in [5.41, 5.74) is -0.464. The van der Waals surface area contributed by atoms with E-state index in [1.807, 2.05) is 20.8 Å². The maximum atomic E-state index is 11.2. The van der Waals surface area contributed by atoms with Gasteiger partial charge in [0.05, 0.1) is 18.9 Å². The summed E-state index contributed by atoms with van der Waals surface area (Å²) in [6.07, 6.45) is 2.76. The van der Waals surface area contributed by atoms with Crippen LogP contribution in [0.3, 0.4) is 0 Å². The molecule has 0 unspecified atom stereocenters. The van der Waals surface area contributed by atoms with Gasteiger partial charge in [-0.2, -0.15) is 15.0 Å². The number of hydrogen-bond acceptors (Lipinski definition) is 4. The first-order valence-corrected chi connectivity index (χ1v) is 4.78. The molecule has 0 spiro atoms. The number of carbonyl (C=O) groups excluding carboxylic acids is 1. The van der Waals surface area contributed by atoms with Crippen LogP contribution < -0.4 is 5.32 Å². The Morgan fingerprint density at radius 3 is 2.53 bits per heavy atom. The maximum Gasteiger partial charge on any atom is 0.407 e. The normalized spacial score (nSPS) is 11.1. The predicted molar refractivity (Wildman–Crippen MR) is 54.3 cm³/mol. The summed E-state index contributed by atoms with van der Waals surface area (Å²) in [6.45, 7) is 6.45. The number of carbonyl (C=O) groups is 1. The summed E-state index contributed by atoms with van der Waals surface area (Å²) >= 11 is 0. The Hall–Kier alpha value is -1.59. The van der Waals surface area contributed by atoms with Gasteiger partial charge in [-0.3, -0.25) is 0 Å². The van der Waals surface area contributed by atoms with E-state index >= 15 is 0 Å². The SMILES string of the molecule is CC(C)(C)OC(=O)NCCn1nccn1. The zero-order valence-corrected chi connectivity index (χ0v) is 9.23. The molecule has 0 aliphatic carbocycles. The molecule has 0 aliphatic heterocycles. The second-order valence-corrected chi connectivity index (χ2v) is 4.05. The molecule has 84 valence electrons. The number of ether oxygens (including phenoxy) is 1. The summed E-state index contributed by atoms with van der Waals surface area (Å²) in [4.78, 5) is 12.7. The van der Waals surface area contributed by atoms with Crippen LogP contribution in [0.15, 0.2) is 12.4 Å². The van der Waals surface area contributed by atoms with Crippen LogP contribution in [-0.2, 0) is 11.3 Å². The standard InChI is InChI=1S/C9H16N4O2/c1-9(2,3)15-8(14)10-6-7-13-11-4-5-12-13/h4-5H,6-7H2,1-3H3,(H,10,14). The predicted octanol–water partition coefficient (Wildman–Crippen LogP) is 0.803. The zero-order chi connectivity index (χ0) is 11.3. The van der Waals surface area contributed by atoms with Crippen LogP contribution >= 0.6 is 0 Å². The van der Waals surface area contributed by atoms with Crippen molar-refractivity contribution in [1.29, 1.82) is 0 Å². The lowest BCUT2D eigenvalue weighted by Crippen LogP contribution is -2.34. The van der Waals surface area contributed by atoms with E-state index in [0.29, 0.717) is 13.1 Å². The Labute approximate surface area is 88.6 Å². The fourth-order valence-electron chi connectivity index (χ4n) is 0.931. The van der Waals surface area contributed by atoms with Gasteiger partial charge in [0.25, 0.3) is 0 Å². The fourth-order valence-corrected chi connectivity index (χ4v) is 0.931. The second-order valence-electron chi connectivity index (χ2n) is 4.05. The van der Waals surface area contributed by atoms with Crippen molar-refractivity contribution in [1.82, 2.24) is 20.3 Å². The van der Waals surface area contributed by atoms with Crippen molar-refractivity contribution in [2.45, 2.75) is 32.9 Å². The van der Waals surface area contributed by atoms with E-state index in [4.69, 9.17) is 4.74 Å². The fraction of sp³-hybridized carbons (Fsp3) is 0.667. The molecule has 0 bridgehead atoms. The van der Waals surface area contributed by atoms with Gasteiger partial charge in [0.1, 0.15) is 5.60 Å². The van der Waals surface area contributed by atoms with Crippen molar-refractivity contribution in [3.63, 3.8) is 0 Å². The van der Waals surface area contributed by atoms with Crippen LogP contribution in [0.4, 0.5) is 4.79 Å². The van der Waals surface area contributed by atoms with Gasteiger partial charge in [-0.05, 0) is 20.8 Å². The van der Waals surface area contributed by atoms with Gasteiger partial charge in [-0.25, -0.2) is 4.79 Å². The largest absolute Gasteiger partial charge is 0.444 e. The minimum Gasteiger partial charge on any atom is -0.444 e. The molecule has 1 aromatic heterocycles. The summed E-state index contributed by atoms with van der Waals surface area (Å²) in [6, 6.07) is 0. The van der Waals surface area contributed by atoms with E-state index in [2.05, 4.69) is 15.5 Å². The van der Waals surface area contributed by atoms with E-state index in [0.717, 1.165) is 0 Å². The Balaban J connectivity index is 2.18. The van der Waals surface area contributed by atoms with Crippen molar-refractivity contribution in [3.05, 3.63) is 12.4 Å². The van der Waals surface area contributed by atoms with Crippen molar-refractivity contribution < 1.29 is 9.53 Å². The molecule has 15 heavy (non-hydrogen) atoms. The monoisotopic (exact) mass is 212 g/mol. The summed E-state index contributed by atoms with van der Waals surface area (Å²) in [5.74, 6) is 0. The maximum absolute atomic E-state index is 11.2. The van der Waals surface area contributed by atoms with Gasteiger partial charge >= 0.3 is 6.09 Å². The minimum atomic E-state index is -0.464. The van der Waals surface area contributed by atoms with E-state index in [1.54, 1.807) is 12.4 Å². The molecule has 0 aromatic carbocycles. The molecular weight excluding hydrogens is 196 g/mol. The molecule has 1 N–H and O–H groups in total. The van der Waals surface area contributed by atoms with Gasteiger partial charge in [0.2, 0.25) is 0 Å². The molecule has 0 fully saturated rings. The van der Waals surface area contributed by atoms with Crippen LogP contribution in [0.5, 0.6) is 0 Å². The molecule has 1 rings (SSSR count). The van der Waals surface area contributed by atoms with E-state index in [-0.39, 0.29) is 0 Å². The zero-order valence-electron chi connectivity index (χ0n) is 9.23. The number of nitrogens with one attached hydrogen (secondary N) is 1. The van der Waals surface area contributed by atoms with Crippen molar-refractivity contribution in [2.75, 3.05) is 6.54 Å². The number of rotatable bonds is 3. The Morgan fingerprint density at radius 1 is 1.40 bits per heavy atom. The Bertz CT molecular complexity index is 302. The average Bonchev–Trinajstić information content (AvgIpc) is 2.53. The molecule has 0 aliphatic rings. The van der Waals surface area contributed by atoms with Crippen LogP contribution in [0, 0.1) is 0 Å². The minimum absolute atomic E-state index is 0.422. The molecule has 1 amide bonds. The lowest BCUT2D eigenvalue weighted by Gasteiger charge is -2.19. The number of aromatic nitrogens is 3. The molecule has 1 heterocycles. The molecule has 0 atom stereocenters. The first kappa shape index (κ1) is 11.5. The van der Waals surface area contributed by atoms with Gasteiger partial charge < -0.3 is 10.1 Å². The van der Waals surface area contributed by atoms with Crippen molar-refractivity contribution in [2.24, 2.45) is 0 Å². The average molecular weight is 212 g/mol. The quantitative estimate of drug-likeness (QED) is 0.804. The second kappa shape index (κ2) is 4.77. The highest BCUT2D eigenvalue weighted by Crippen LogP contribution is 2.05. The third-order valence-corrected chi connectivity index (χ3v) is 1.45. The first-order chi connectivity index (χ1) is 6.97. The third kappa shape index (κ3) is 4.99. The number of hydrogen-bond donors (Lipinski definition) is 1. The molecule has 1 aromatic rings. The van der Waals surface area contributed by atoms with E-state index < -0.39 is 11.7 Å². The van der Waals surface area contributed by atoms with Crippen LogP contribution in [0.2, 0.25) is 0 Å². The molecule has 0 saturated carbocycles. The molecule has 0 radical (unpaired) electrons. The first-order valence-electron chi connectivity index (χ1n) is 4.78.